The molecule has 100 valence electrons. The zero-order chi connectivity index (χ0) is 14.2. The molecule has 8 heteroatoms. The molecule has 0 atom stereocenters. The van der Waals surface area contributed by atoms with Gasteiger partial charge in [0, 0.05) is 16.6 Å². The molecule has 1 aromatic heterocycles. The fraction of sp³-hybridized carbons (Fsp3) is 0.0909. The predicted octanol–water partition coefficient (Wildman–Crippen LogP) is 2.81. The molecule has 0 unspecified atom stereocenters. The van der Waals surface area contributed by atoms with Crippen molar-refractivity contribution in [3.63, 3.8) is 0 Å². The van der Waals surface area contributed by atoms with Gasteiger partial charge in [-0.2, -0.15) is 8.78 Å². The molecule has 0 N–H and O–H groups in total. The van der Waals surface area contributed by atoms with Gasteiger partial charge in [-0.3, -0.25) is 14.7 Å². The lowest BCUT2D eigenvalue weighted by atomic mass is 10.2. The van der Waals surface area contributed by atoms with Gasteiger partial charge >= 0.3 is 0 Å². The number of rotatable bonds is 3. The van der Waals surface area contributed by atoms with Crippen molar-refractivity contribution in [1.82, 2.24) is 4.57 Å². The van der Waals surface area contributed by atoms with E-state index in [1.165, 1.54) is 0 Å². The van der Waals surface area contributed by atoms with Crippen molar-refractivity contribution in [2.75, 3.05) is 0 Å². The zero-order valence-corrected chi connectivity index (χ0v) is 9.24. The summed E-state index contributed by atoms with van der Waals surface area (Å²) in [5.74, 6) is -5.42. The van der Waals surface area contributed by atoms with Crippen molar-refractivity contribution >= 4 is 0 Å². The third kappa shape index (κ3) is 2.42. The van der Waals surface area contributed by atoms with Crippen LogP contribution in [0.5, 0.6) is 0 Å². The van der Waals surface area contributed by atoms with Gasteiger partial charge < -0.3 is 0 Å². The van der Waals surface area contributed by atoms with Crippen LogP contribution in [0.3, 0.4) is 0 Å². The summed E-state index contributed by atoms with van der Waals surface area (Å²) in [5.41, 5.74) is -0.536. The highest BCUT2D eigenvalue weighted by Crippen LogP contribution is 2.22. The second-order valence-corrected chi connectivity index (χ2v) is 3.72. The van der Waals surface area contributed by atoms with Crippen LogP contribution in [0.4, 0.5) is 17.6 Å². The van der Waals surface area contributed by atoms with E-state index in [0.717, 1.165) is 18.2 Å². The van der Waals surface area contributed by atoms with Gasteiger partial charge in [-0.15, -0.1) is 0 Å². The van der Waals surface area contributed by atoms with Crippen LogP contribution in [0.25, 0.3) is 5.69 Å². The van der Waals surface area contributed by atoms with Crippen LogP contribution in [0.15, 0.2) is 24.3 Å². The summed E-state index contributed by atoms with van der Waals surface area (Å²) in [7, 11) is 0. The number of hydrogen-bond acceptors (Lipinski definition) is 2. The third-order valence-corrected chi connectivity index (χ3v) is 2.42. The van der Waals surface area contributed by atoms with E-state index in [1.54, 1.807) is 0 Å². The van der Waals surface area contributed by atoms with Gasteiger partial charge in [0.2, 0.25) is 18.4 Å². The summed E-state index contributed by atoms with van der Waals surface area (Å²) < 4.78 is 53.1. The van der Waals surface area contributed by atoms with Crippen molar-refractivity contribution in [1.29, 1.82) is 0 Å². The van der Waals surface area contributed by atoms with Crippen LogP contribution >= 0.6 is 0 Å². The Morgan fingerprint density at radius 3 is 2.26 bits per heavy atom. The smallest absolute Gasteiger partial charge is 0.236 e. The van der Waals surface area contributed by atoms with Gasteiger partial charge in [-0.05, 0) is 12.1 Å². The van der Waals surface area contributed by atoms with E-state index in [4.69, 9.17) is 0 Å². The van der Waals surface area contributed by atoms with Crippen molar-refractivity contribution in [2.24, 2.45) is 0 Å². The van der Waals surface area contributed by atoms with E-state index in [2.05, 4.69) is 0 Å². The van der Waals surface area contributed by atoms with Crippen molar-refractivity contribution in [3.05, 3.63) is 63.5 Å². The Hall–Kier alpha value is -2.38. The minimum atomic E-state index is -1.57. The second-order valence-electron chi connectivity index (χ2n) is 3.72. The number of halogens is 4. The quantitative estimate of drug-likeness (QED) is 0.491. The number of hydrogen-bond donors (Lipinski definition) is 0. The maximum Gasteiger partial charge on any atom is 0.236 e. The topological polar surface area (TPSA) is 48.1 Å². The molecule has 4 nitrogen and oxygen atoms in total. The first-order valence-electron chi connectivity index (χ1n) is 5.03. The molecule has 0 saturated carbocycles. The molecule has 0 aliphatic rings. The molecule has 0 bridgehead atoms. The largest absolute Gasteiger partial charge is 0.264 e. The summed E-state index contributed by atoms with van der Waals surface area (Å²) in [5, 5.41) is 10.3. The molecule has 0 aliphatic heterocycles. The van der Waals surface area contributed by atoms with Crippen LogP contribution in [-0.2, 0) is 6.54 Å². The van der Waals surface area contributed by atoms with E-state index in [0.29, 0.717) is 0 Å². The number of aromatic nitrogens is 1. The lowest BCUT2D eigenvalue weighted by Crippen LogP contribution is -2.05. The van der Waals surface area contributed by atoms with Gasteiger partial charge in [0.05, 0.1) is 5.69 Å². The fourth-order valence-corrected chi connectivity index (χ4v) is 1.63. The Bertz CT molecular complexity index is 654. The minimum absolute atomic E-state index is 0.0275. The average molecular weight is 274 g/mol. The van der Waals surface area contributed by atoms with E-state index in [-0.39, 0.29) is 16.2 Å². The van der Waals surface area contributed by atoms with E-state index in [9.17, 15) is 27.7 Å². The fourth-order valence-electron chi connectivity index (χ4n) is 1.63. The molecule has 0 aliphatic carbocycles. The minimum Gasteiger partial charge on any atom is -0.264 e. The lowest BCUT2D eigenvalue weighted by Gasteiger charge is -2.07. The molecule has 0 saturated heterocycles. The predicted molar refractivity (Wildman–Crippen MR) is 56.3 cm³/mol. The highest BCUT2D eigenvalue weighted by molar-refractivity contribution is 5.37. The first-order valence-corrected chi connectivity index (χ1v) is 5.03. The summed E-state index contributed by atoms with van der Waals surface area (Å²) in [6, 6.07) is 3.13. The average Bonchev–Trinajstić information content (AvgIpc) is 2.54. The molecular weight excluding hydrogens is 268 g/mol. The summed E-state index contributed by atoms with van der Waals surface area (Å²) >= 11 is 0. The highest BCUT2D eigenvalue weighted by Gasteiger charge is 2.19. The zero-order valence-electron chi connectivity index (χ0n) is 9.24. The standard InChI is InChI=1S/C11H6F4N2O2/c12-7-3-6(5-16(18)19)1-2-9(7)17-10(14)4-8(13)11(17)15/h1-4H,5H2. The molecule has 1 heterocycles. The normalized spacial score (nSPS) is 10.7. The van der Waals surface area contributed by atoms with Gasteiger partial charge in [0.25, 0.3) is 0 Å². The van der Waals surface area contributed by atoms with Gasteiger partial charge in [-0.25, -0.2) is 8.78 Å². The molecule has 0 amide bonds. The molecular formula is C11H6F4N2O2. The van der Waals surface area contributed by atoms with E-state index in [1.807, 2.05) is 0 Å². The molecule has 2 aromatic rings. The van der Waals surface area contributed by atoms with Crippen LogP contribution < -0.4 is 0 Å². The van der Waals surface area contributed by atoms with Gasteiger partial charge in [0.1, 0.15) is 5.82 Å². The Morgan fingerprint density at radius 2 is 1.79 bits per heavy atom. The van der Waals surface area contributed by atoms with Crippen LogP contribution in [0.2, 0.25) is 0 Å². The number of nitro groups is 1. The maximum absolute atomic E-state index is 13.7. The van der Waals surface area contributed by atoms with E-state index >= 15 is 0 Å². The monoisotopic (exact) mass is 274 g/mol. The Balaban J connectivity index is 2.49. The summed E-state index contributed by atoms with van der Waals surface area (Å²) in [4.78, 5) is 9.58. The third-order valence-electron chi connectivity index (χ3n) is 2.42. The Labute approximate surface area is 104 Å². The van der Waals surface area contributed by atoms with Crippen LogP contribution in [0.1, 0.15) is 5.56 Å². The SMILES string of the molecule is O=[N+]([O-])Cc1ccc(-n2c(F)cc(F)c2F)c(F)c1. The van der Waals surface area contributed by atoms with Gasteiger partial charge in [0.15, 0.2) is 5.82 Å². The molecule has 0 spiro atoms. The molecule has 0 radical (unpaired) electrons. The number of nitrogens with zero attached hydrogens (tertiary/aromatic N) is 2. The highest BCUT2D eigenvalue weighted by atomic mass is 19.2. The molecule has 0 fully saturated rings. The Morgan fingerprint density at radius 1 is 1.11 bits per heavy atom. The van der Waals surface area contributed by atoms with Crippen molar-refractivity contribution < 1.29 is 22.5 Å². The molecule has 1 aromatic carbocycles. The van der Waals surface area contributed by atoms with Crippen molar-refractivity contribution in [2.45, 2.75) is 6.54 Å². The maximum atomic E-state index is 13.7. The summed E-state index contributed by atoms with van der Waals surface area (Å²) in [6.45, 7) is -0.623. The first-order chi connectivity index (χ1) is 8.90. The van der Waals surface area contributed by atoms with E-state index < -0.39 is 40.7 Å². The van der Waals surface area contributed by atoms with Crippen molar-refractivity contribution in [3.8, 4) is 5.69 Å². The molecule has 2 rings (SSSR count). The summed E-state index contributed by atoms with van der Waals surface area (Å²) in [6.07, 6.45) is 0. The van der Waals surface area contributed by atoms with Crippen LogP contribution in [0, 0.1) is 33.6 Å². The lowest BCUT2D eigenvalue weighted by molar-refractivity contribution is -0.496. The van der Waals surface area contributed by atoms with Crippen LogP contribution in [-0.4, -0.2) is 9.49 Å². The second kappa shape index (κ2) is 4.71. The Kier molecular flexibility index (Phi) is 3.24. The number of benzene rings is 1. The molecule has 19 heavy (non-hydrogen) atoms. The first kappa shape index (κ1) is 13.1. The van der Waals surface area contributed by atoms with Gasteiger partial charge in [-0.1, -0.05) is 6.07 Å².